The Hall–Kier alpha value is -4.39. The Bertz CT molecular complexity index is 1970. The number of hydrogen-bond acceptors (Lipinski definition) is 17. The Balaban J connectivity index is 1.85. The van der Waals surface area contributed by atoms with Crippen molar-refractivity contribution in [1.82, 2.24) is 41.5 Å². The number of Topliss-reactive ketones (excluding diaryl/α,β-unsaturated/α-hetero) is 1. The summed E-state index contributed by atoms with van der Waals surface area (Å²) in [5, 5.41) is 55.5. The molecule has 0 bridgehead atoms. The molecule has 4 aliphatic rings. The van der Waals surface area contributed by atoms with Gasteiger partial charge < -0.3 is 45.1 Å². The summed E-state index contributed by atoms with van der Waals surface area (Å²) in [6, 6.07) is -8.37. The van der Waals surface area contributed by atoms with E-state index in [9.17, 15) is 49.3 Å². The molecule has 0 aromatic rings. The summed E-state index contributed by atoms with van der Waals surface area (Å²) >= 11 is 0. The lowest BCUT2D eigenvalue weighted by atomic mass is 9.78. The highest BCUT2D eigenvalue weighted by molar-refractivity contribution is 5.98. The average Bonchev–Trinajstić information content (AvgIpc) is 3.34. The minimum absolute atomic E-state index is 0.0507. The van der Waals surface area contributed by atoms with Gasteiger partial charge in [0.15, 0.2) is 17.4 Å². The van der Waals surface area contributed by atoms with Crippen molar-refractivity contribution in [3.8, 4) is 0 Å². The molecule has 0 spiro atoms. The number of methoxy groups -OCH3 is 1. The predicted molar refractivity (Wildman–Crippen MR) is 253 cm³/mol. The summed E-state index contributed by atoms with van der Waals surface area (Å²) in [5.41, 5.74) is 4.30. The minimum Gasteiger partial charge on any atom is -0.458 e. The van der Waals surface area contributed by atoms with E-state index in [0.29, 0.717) is 37.0 Å². The summed E-state index contributed by atoms with van der Waals surface area (Å²) in [5.74, 6) is -10.2. The van der Waals surface area contributed by atoms with Crippen LogP contribution in [0.4, 0.5) is 0 Å². The van der Waals surface area contributed by atoms with Gasteiger partial charge in [0.1, 0.15) is 30.3 Å². The zero-order valence-electron chi connectivity index (χ0n) is 43.0. The molecular weight excluding hydrogens is 913 g/mol. The van der Waals surface area contributed by atoms with Gasteiger partial charge >= 0.3 is 5.97 Å². The molecule has 4 fully saturated rings. The molecule has 8 N–H and O–H groups in total. The second kappa shape index (κ2) is 24.8. The maximum atomic E-state index is 15.3. The van der Waals surface area contributed by atoms with E-state index in [-0.39, 0.29) is 49.1 Å². The SMILES string of the molecule is C/C=C(\C)C(=O)C(C)/C=C(\C)[C@H]1O[C@@](O)([C@@](O)(CC)C(=O)N[C@@H]2C(=O)N3NCCC[C@H]3C(=O)N(O)C(COC)C(=O)N(C)[C@H](C)C(=O)N3NCCC[C@H]3CNC([C@H](C)O)C(=O)O[C@H]2C(C)C)CC[C@@H]1C. The van der Waals surface area contributed by atoms with Crippen molar-refractivity contribution in [3.05, 3.63) is 23.3 Å². The number of allylic oxidation sites excluding steroid dienone is 3. The number of rotatable bonds is 12. The number of fused-ring (bicyclic) bond motifs is 2. The molecule has 0 aliphatic carbocycles. The molecule has 5 amide bonds. The Labute approximate surface area is 411 Å². The maximum Gasteiger partial charge on any atom is 0.326 e. The van der Waals surface area contributed by atoms with Gasteiger partial charge in [-0.25, -0.2) is 15.9 Å². The van der Waals surface area contributed by atoms with Crippen LogP contribution in [0.25, 0.3) is 0 Å². The van der Waals surface area contributed by atoms with Crippen molar-refractivity contribution in [3.63, 3.8) is 0 Å². The predicted octanol–water partition coefficient (Wildman–Crippen LogP) is 0.225. The number of nitrogens with one attached hydrogen (secondary N) is 4. The first-order chi connectivity index (χ1) is 32.8. The van der Waals surface area contributed by atoms with Crippen LogP contribution in [-0.4, -0.2) is 188 Å². The highest BCUT2D eigenvalue weighted by Crippen LogP contribution is 2.42. The number of aliphatic hydroxyl groups excluding tert-OH is 1. The van der Waals surface area contributed by atoms with Crippen molar-refractivity contribution in [1.29, 1.82) is 0 Å². The number of hydrogen-bond donors (Lipinski definition) is 8. The first kappa shape index (κ1) is 58.2. The van der Waals surface area contributed by atoms with E-state index in [4.69, 9.17) is 14.2 Å². The van der Waals surface area contributed by atoms with Gasteiger partial charge in [-0.2, -0.15) is 0 Å². The lowest BCUT2D eigenvalue weighted by molar-refractivity contribution is -0.325. The topological polar surface area (TPSA) is 289 Å². The van der Waals surface area contributed by atoms with Gasteiger partial charge in [0.2, 0.25) is 5.79 Å². The van der Waals surface area contributed by atoms with Crippen LogP contribution in [0.2, 0.25) is 0 Å². The number of carbonyl (C=O) groups excluding carboxylic acids is 7. The van der Waals surface area contributed by atoms with Crippen LogP contribution in [-0.2, 0) is 47.8 Å². The molecule has 22 nitrogen and oxygen atoms in total. The maximum absolute atomic E-state index is 15.3. The third kappa shape index (κ3) is 12.6. The number of esters is 1. The second-order valence-electron chi connectivity index (χ2n) is 19.8. The summed E-state index contributed by atoms with van der Waals surface area (Å²) in [6.45, 7) is 16.2. The highest BCUT2D eigenvalue weighted by atomic mass is 16.7. The molecule has 4 heterocycles. The quantitative estimate of drug-likeness (QED) is 0.0562. The lowest BCUT2D eigenvalue weighted by Gasteiger charge is -2.49. The van der Waals surface area contributed by atoms with Gasteiger partial charge in [0.25, 0.3) is 29.5 Å². The molecule has 4 aliphatic heterocycles. The van der Waals surface area contributed by atoms with Gasteiger partial charge in [-0.15, -0.1) is 0 Å². The summed E-state index contributed by atoms with van der Waals surface area (Å²) < 4.78 is 17.7. The summed E-state index contributed by atoms with van der Waals surface area (Å²) in [4.78, 5) is 101. The Kier molecular flexibility index (Phi) is 20.6. The lowest BCUT2D eigenvalue weighted by Crippen LogP contribution is -2.71. The number of likely N-dealkylation sites (N-methyl/N-ethyl adjacent to an activating group) is 1. The Morgan fingerprint density at radius 2 is 1.60 bits per heavy atom. The number of cyclic esters (lactones) is 1. The van der Waals surface area contributed by atoms with E-state index in [2.05, 4.69) is 21.5 Å². The third-order valence-electron chi connectivity index (χ3n) is 14.4. The van der Waals surface area contributed by atoms with Crippen LogP contribution in [0.3, 0.4) is 0 Å². The average molecular weight is 993 g/mol. The highest BCUT2D eigenvalue weighted by Gasteiger charge is 2.59. The molecule has 0 aromatic heterocycles. The largest absolute Gasteiger partial charge is 0.458 e. The van der Waals surface area contributed by atoms with Gasteiger partial charge in [0, 0.05) is 46.1 Å². The van der Waals surface area contributed by atoms with Crippen LogP contribution in [0.15, 0.2) is 23.3 Å². The van der Waals surface area contributed by atoms with Crippen LogP contribution in [0.5, 0.6) is 0 Å². The normalized spacial score (nSPS) is 32.8. The smallest absolute Gasteiger partial charge is 0.326 e. The molecule has 0 saturated carbocycles. The summed E-state index contributed by atoms with van der Waals surface area (Å²) in [6.07, 6.45) is 0.479. The monoisotopic (exact) mass is 993 g/mol. The standard InChI is InChI=1S/C48H80N8O14/c1-13-27(5)38(58)29(7)23-30(8)40-28(6)19-20-48(66,70-40)47(65,14-2)46(64)52-37-39(26(3)4)69-45(63)36(32(10)57)49-24-33-17-15-21-50-54(33)41(59)31(9)53(11)42(60)35(25-68-12)56(67)43(61)34-18-16-22-51-55(34)44(37)62/h13,23,26,28-29,31-37,39-40,49-51,57,65-67H,14-22,24-25H2,1-12H3,(H,52,64)/b27-13+,30-23+/t28-,29?,31+,32-,33-,34-,35?,36?,37-,39-,40-,47+,48+/m0/s1. The van der Waals surface area contributed by atoms with E-state index in [1.165, 1.54) is 39.9 Å². The molecule has 0 aromatic carbocycles. The number of ether oxygens (including phenoxy) is 3. The number of hydrazine groups is 2. The minimum atomic E-state index is -2.77. The molecule has 22 heteroatoms. The van der Waals surface area contributed by atoms with Gasteiger partial charge in [-0.3, -0.25) is 48.8 Å². The first-order valence-corrected chi connectivity index (χ1v) is 24.6. The zero-order chi connectivity index (χ0) is 52.6. The zero-order valence-corrected chi connectivity index (χ0v) is 43.0. The van der Waals surface area contributed by atoms with Crippen molar-refractivity contribution in [2.45, 2.75) is 180 Å². The molecule has 3 unspecified atom stereocenters. The van der Waals surface area contributed by atoms with Crippen LogP contribution >= 0.6 is 0 Å². The number of aliphatic hydroxyl groups is 3. The number of amides is 5. The second-order valence-corrected chi connectivity index (χ2v) is 19.8. The Morgan fingerprint density at radius 1 is 0.971 bits per heavy atom. The number of hydroxylamine groups is 2. The van der Waals surface area contributed by atoms with E-state index >= 15 is 4.79 Å². The van der Waals surface area contributed by atoms with Crippen LogP contribution in [0.1, 0.15) is 114 Å². The molecule has 396 valence electrons. The number of ketones is 1. The van der Waals surface area contributed by atoms with Gasteiger partial charge in [0.05, 0.1) is 24.9 Å². The molecule has 70 heavy (non-hydrogen) atoms. The molecule has 4 saturated heterocycles. The van der Waals surface area contributed by atoms with E-state index in [0.717, 1.165) is 9.91 Å². The third-order valence-corrected chi connectivity index (χ3v) is 14.4. The van der Waals surface area contributed by atoms with Crippen molar-refractivity contribution < 1.29 is 68.3 Å². The number of carbonyl (C=O) groups is 7. The van der Waals surface area contributed by atoms with Crippen molar-refractivity contribution in [2.24, 2.45) is 17.8 Å². The van der Waals surface area contributed by atoms with Gasteiger partial charge in [-0.05, 0) is 96.1 Å². The fourth-order valence-electron chi connectivity index (χ4n) is 9.64. The van der Waals surface area contributed by atoms with Crippen molar-refractivity contribution >= 4 is 41.3 Å². The molecule has 13 atom stereocenters. The fourth-order valence-corrected chi connectivity index (χ4v) is 9.64. The number of nitrogens with zero attached hydrogens (tertiary/aromatic N) is 4. The fraction of sp³-hybridized carbons (Fsp3) is 0.771. The van der Waals surface area contributed by atoms with E-state index in [1.807, 2.05) is 6.92 Å². The van der Waals surface area contributed by atoms with E-state index in [1.54, 1.807) is 53.7 Å². The summed E-state index contributed by atoms with van der Waals surface area (Å²) in [7, 11) is 2.59. The van der Waals surface area contributed by atoms with Crippen LogP contribution in [0, 0.1) is 17.8 Å². The molecule has 4 rings (SSSR count). The molecule has 0 radical (unpaired) electrons. The first-order valence-electron chi connectivity index (χ1n) is 24.6. The van der Waals surface area contributed by atoms with Crippen molar-refractivity contribution in [2.75, 3.05) is 40.4 Å². The van der Waals surface area contributed by atoms with Gasteiger partial charge in [-0.1, -0.05) is 46.8 Å². The molecular formula is C48H80N8O14. The Morgan fingerprint density at radius 3 is 2.19 bits per heavy atom. The van der Waals surface area contributed by atoms with E-state index < -0.39 is 126 Å². The van der Waals surface area contributed by atoms with Crippen LogP contribution < -0.4 is 21.5 Å².